The van der Waals surface area contributed by atoms with Gasteiger partial charge in [0, 0.05) is 16.9 Å². The average molecular weight is 639 g/mol. The van der Waals surface area contributed by atoms with E-state index in [-0.39, 0.29) is 39.6 Å². The number of β-lactam (4-membered cyclic amide) rings is 1. The molecule has 0 aliphatic carbocycles. The second-order valence-corrected chi connectivity index (χ2v) is 12.0. The second kappa shape index (κ2) is 12.8. The Morgan fingerprint density at radius 2 is 2.05 bits per heavy atom. The number of aliphatic carboxylic acids is 2. The number of hydrogen-bond donors (Lipinski definition) is 6. The number of thiazole rings is 1. The molecule has 2 aliphatic heterocycles. The topological polar surface area (TPSA) is 253 Å². The minimum absolute atomic E-state index is 0.0223. The molecule has 2 amide bonds. The SMILES string of the molecule is CCC[n+]1c(N)cc(N)nc1SCC1=C(C(=O)O)N2C(=O)C(NC(=O)/C(=N\O[C@H](C)C(=O)O)c3csc(N)n3)[C@H]2SC1. The molecule has 0 bridgehead atoms. The number of anilines is 3. The maximum atomic E-state index is 13.2. The third-order valence-corrected chi connectivity index (χ3v) is 9.13. The Morgan fingerprint density at radius 3 is 2.67 bits per heavy atom. The predicted molar refractivity (Wildman–Crippen MR) is 155 cm³/mol. The van der Waals surface area contributed by atoms with Crippen molar-refractivity contribution < 1.29 is 38.8 Å². The van der Waals surface area contributed by atoms with E-state index in [4.69, 9.17) is 27.1 Å². The van der Waals surface area contributed by atoms with Gasteiger partial charge in [-0.3, -0.25) is 14.5 Å². The highest BCUT2D eigenvalue weighted by molar-refractivity contribution is 8.01. The number of nitrogens with zero attached hydrogens (tertiary/aromatic N) is 5. The first-order valence-corrected chi connectivity index (χ1v) is 15.3. The van der Waals surface area contributed by atoms with Gasteiger partial charge in [0.2, 0.25) is 17.7 Å². The average Bonchev–Trinajstić information content (AvgIpc) is 3.36. The summed E-state index contributed by atoms with van der Waals surface area (Å²) in [7, 11) is 0. The van der Waals surface area contributed by atoms with Crippen LogP contribution in [-0.2, 0) is 30.6 Å². The Labute approximate surface area is 251 Å². The van der Waals surface area contributed by atoms with E-state index in [1.807, 2.05) is 6.92 Å². The highest BCUT2D eigenvalue weighted by Crippen LogP contribution is 2.41. The Morgan fingerprint density at radius 1 is 1.31 bits per heavy atom. The number of nitrogen functional groups attached to an aromatic ring is 3. The Balaban J connectivity index is 1.52. The molecular weight excluding hydrogens is 611 g/mol. The molecule has 2 aromatic rings. The van der Waals surface area contributed by atoms with Gasteiger partial charge in [-0.1, -0.05) is 17.1 Å². The van der Waals surface area contributed by atoms with Crippen LogP contribution >= 0.6 is 34.9 Å². The van der Waals surface area contributed by atoms with E-state index in [0.717, 1.165) is 22.7 Å². The summed E-state index contributed by atoms with van der Waals surface area (Å²) in [6, 6.07) is 0.472. The number of amides is 2. The molecule has 9 N–H and O–H groups in total. The van der Waals surface area contributed by atoms with Gasteiger partial charge in [-0.05, 0) is 30.7 Å². The summed E-state index contributed by atoms with van der Waals surface area (Å²) in [5, 5.41) is 26.7. The van der Waals surface area contributed by atoms with Crippen molar-refractivity contribution in [2.75, 3.05) is 28.7 Å². The zero-order valence-corrected chi connectivity index (χ0v) is 24.8. The molecule has 1 saturated heterocycles. The fraction of sp³-hybridized carbons (Fsp3) is 0.391. The smallest absolute Gasteiger partial charge is 0.352 e. The number of carboxylic acids is 2. The number of thioether (sulfide) groups is 2. The van der Waals surface area contributed by atoms with Gasteiger partial charge in [0.05, 0.1) is 12.6 Å². The van der Waals surface area contributed by atoms with Crippen LogP contribution in [0, 0.1) is 0 Å². The van der Waals surface area contributed by atoms with E-state index in [1.54, 1.807) is 10.6 Å². The first kappa shape index (κ1) is 30.8. The molecule has 1 fully saturated rings. The molecule has 1 unspecified atom stereocenters. The van der Waals surface area contributed by atoms with Crippen LogP contribution in [0.25, 0.3) is 0 Å². The lowest BCUT2D eigenvalue weighted by atomic mass is 10.0. The molecule has 2 aromatic heterocycles. The summed E-state index contributed by atoms with van der Waals surface area (Å²) in [4.78, 5) is 64.1. The second-order valence-electron chi connectivity index (χ2n) is 9.04. The number of rotatable bonds is 12. The molecule has 0 aromatic carbocycles. The number of carbonyl (C=O) groups is 4. The molecular formula is C23H28N9O7S3+. The van der Waals surface area contributed by atoms with Crippen LogP contribution in [0.5, 0.6) is 0 Å². The first-order valence-electron chi connectivity index (χ1n) is 12.4. The van der Waals surface area contributed by atoms with E-state index >= 15 is 0 Å². The van der Waals surface area contributed by atoms with Gasteiger partial charge in [-0.15, -0.1) is 23.1 Å². The maximum Gasteiger partial charge on any atom is 0.352 e. The van der Waals surface area contributed by atoms with Gasteiger partial charge in [0.15, 0.2) is 10.8 Å². The van der Waals surface area contributed by atoms with Crippen molar-refractivity contribution in [1.29, 1.82) is 0 Å². The summed E-state index contributed by atoms with van der Waals surface area (Å²) in [6.07, 6.45) is -0.578. The lowest BCUT2D eigenvalue weighted by Crippen LogP contribution is -2.71. The van der Waals surface area contributed by atoms with Crippen LogP contribution in [-0.4, -0.2) is 83.6 Å². The van der Waals surface area contributed by atoms with E-state index < -0.39 is 41.3 Å². The molecule has 4 heterocycles. The molecule has 224 valence electrons. The number of nitrogens with two attached hydrogens (primary N) is 3. The number of oxime groups is 1. The maximum absolute atomic E-state index is 13.2. The number of fused-ring (bicyclic) bond motifs is 1. The van der Waals surface area contributed by atoms with Crippen molar-refractivity contribution in [3.8, 4) is 0 Å². The molecule has 19 heteroatoms. The molecule has 16 nitrogen and oxygen atoms in total. The number of hydrogen-bond acceptors (Lipinski definition) is 14. The first-order chi connectivity index (χ1) is 19.9. The molecule has 42 heavy (non-hydrogen) atoms. The molecule has 0 radical (unpaired) electrons. The number of carboxylic acid groups (broad SMARTS) is 2. The summed E-state index contributed by atoms with van der Waals surface area (Å²) in [5.41, 5.74) is 17.6. The van der Waals surface area contributed by atoms with Gasteiger partial charge in [-0.25, -0.2) is 19.1 Å². The van der Waals surface area contributed by atoms with Gasteiger partial charge in [0.25, 0.3) is 11.8 Å². The molecule has 0 saturated carbocycles. The van der Waals surface area contributed by atoms with Crippen molar-refractivity contribution in [2.24, 2.45) is 5.16 Å². The quantitative estimate of drug-likeness (QED) is 0.0436. The minimum atomic E-state index is -1.37. The highest BCUT2D eigenvalue weighted by atomic mass is 32.2. The molecule has 0 spiro atoms. The monoisotopic (exact) mass is 638 g/mol. The van der Waals surface area contributed by atoms with Crippen LogP contribution in [0.15, 0.2) is 33.0 Å². The van der Waals surface area contributed by atoms with E-state index in [9.17, 15) is 24.3 Å². The van der Waals surface area contributed by atoms with E-state index in [1.165, 1.54) is 35.8 Å². The van der Waals surface area contributed by atoms with E-state index in [0.29, 0.717) is 23.1 Å². The van der Waals surface area contributed by atoms with Crippen molar-refractivity contribution in [3.63, 3.8) is 0 Å². The van der Waals surface area contributed by atoms with E-state index in [2.05, 4.69) is 20.4 Å². The molecule has 3 atom stereocenters. The Kier molecular flexibility index (Phi) is 9.42. The lowest BCUT2D eigenvalue weighted by Gasteiger charge is -2.49. The van der Waals surface area contributed by atoms with Crippen LogP contribution in [0.2, 0.25) is 0 Å². The van der Waals surface area contributed by atoms with Gasteiger partial charge >= 0.3 is 17.1 Å². The summed E-state index contributed by atoms with van der Waals surface area (Å²) >= 11 is 3.56. The number of carbonyl (C=O) groups excluding carboxylic acids is 2. The fourth-order valence-electron chi connectivity index (χ4n) is 4.03. The lowest BCUT2D eigenvalue weighted by molar-refractivity contribution is -0.723. The highest BCUT2D eigenvalue weighted by Gasteiger charge is 2.54. The Bertz CT molecular complexity index is 1500. The van der Waals surface area contributed by atoms with Crippen LogP contribution in [0.4, 0.5) is 16.8 Å². The summed E-state index contributed by atoms with van der Waals surface area (Å²) in [6.45, 7) is 3.79. The number of aromatic nitrogens is 3. The Hall–Kier alpha value is -4.10. The molecule has 4 rings (SSSR count). The van der Waals surface area contributed by atoms with Crippen LogP contribution in [0.1, 0.15) is 26.0 Å². The largest absolute Gasteiger partial charge is 0.478 e. The van der Waals surface area contributed by atoms with Crippen molar-refractivity contribution in [1.82, 2.24) is 20.2 Å². The zero-order chi connectivity index (χ0) is 30.7. The van der Waals surface area contributed by atoms with Crippen molar-refractivity contribution in [3.05, 3.63) is 28.4 Å². The number of nitrogens with one attached hydrogen (secondary N) is 1. The third kappa shape index (κ3) is 6.36. The summed E-state index contributed by atoms with van der Waals surface area (Å²) < 4.78 is 1.79. The van der Waals surface area contributed by atoms with Gasteiger partial charge in [0.1, 0.15) is 22.8 Å². The predicted octanol–water partition coefficient (Wildman–Crippen LogP) is -0.293. The van der Waals surface area contributed by atoms with Crippen LogP contribution in [0.3, 0.4) is 0 Å². The summed E-state index contributed by atoms with van der Waals surface area (Å²) in [5.74, 6) is -2.96. The van der Waals surface area contributed by atoms with Crippen molar-refractivity contribution in [2.45, 2.75) is 49.5 Å². The molecule has 2 aliphatic rings. The standard InChI is InChI=1S/C23H27N9O7S3/c1-3-4-31-13(25)5-12(24)28-23(31)42-7-10-6-40-19-15(18(34)32(19)16(10)21(37)38)29-17(33)14(11-8-41-22(26)27-11)30-39-9(2)20(35)36/h5,8-9,15,19H,3-4,6-7H2,1-2H3,(H8,24,25,26,27,29,33,35,36,37,38)/p+1/b30-14-/t9-,15?,19-/m1/s1. The third-order valence-electron chi connectivity index (χ3n) is 6.05. The van der Waals surface area contributed by atoms with Crippen molar-refractivity contribution >= 4 is 81.1 Å². The van der Waals surface area contributed by atoms with Gasteiger partial charge in [-0.2, -0.15) is 0 Å². The fourth-order valence-corrected chi connectivity index (χ4v) is 7.12. The van der Waals surface area contributed by atoms with Crippen LogP contribution < -0.4 is 27.1 Å². The normalized spacial score (nSPS) is 19.1. The minimum Gasteiger partial charge on any atom is -0.478 e. The zero-order valence-electron chi connectivity index (χ0n) is 22.3. The van der Waals surface area contributed by atoms with Gasteiger partial charge < -0.3 is 37.6 Å².